The first-order chi connectivity index (χ1) is 50.1. The zero-order valence-electron chi connectivity index (χ0n) is 73.4. The Labute approximate surface area is 654 Å². The molecule has 6 heterocycles. The Kier molecular flexibility index (Phi) is 53.2. The van der Waals surface area contributed by atoms with Crippen LogP contribution in [0, 0.1) is 70.8 Å². The van der Waals surface area contributed by atoms with Crippen LogP contribution >= 0.6 is 0 Å². The second kappa shape index (κ2) is 57.0. The lowest BCUT2D eigenvalue weighted by molar-refractivity contribution is 0.272. The van der Waals surface area contributed by atoms with Crippen molar-refractivity contribution >= 4 is 0 Å². The van der Waals surface area contributed by atoms with Gasteiger partial charge in [-0.15, -0.1) is 0 Å². The lowest BCUT2D eigenvalue weighted by atomic mass is 9.90. The Morgan fingerprint density at radius 3 is 0.830 bits per heavy atom. The fourth-order valence-corrected chi connectivity index (χ4v) is 13.4. The third kappa shape index (κ3) is 43.9. The van der Waals surface area contributed by atoms with E-state index < -0.39 is 0 Å². The van der Waals surface area contributed by atoms with Gasteiger partial charge < -0.3 is 20.4 Å². The molecule has 10 rings (SSSR count). The molecule has 4 saturated heterocycles. The van der Waals surface area contributed by atoms with Crippen LogP contribution < -0.4 is 10.6 Å². The summed E-state index contributed by atoms with van der Waals surface area (Å²) < 4.78 is 26.4. The van der Waals surface area contributed by atoms with Crippen LogP contribution in [0.4, 0.5) is 8.78 Å². The number of hydrogen-bond donors (Lipinski definition) is 2. The molecule has 8 heteroatoms. The van der Waals surface area contributed by atoms with Gasteiger partial charge in [-0.3, -0.25) is 9.97 Å². The normalized spacial score (nSPS) is 18.6. The average Bonchev–Trinajstić information content (AvgIpc) is 1.21. The Morgan fingerprint density at radius 1 is 0.321 bits per heavy atom. The van der Waals surface area contributed by atoms with Crippen LogP contribution in [0.3, 0.4) is 0 Å². The summed E-state index contributed by atoms with van der Waals surface area (Å²) in [6.45, 7) is 63.0. The van der Waals surface area contributed by atoms with Gasteiger partial charge in [-0.1, -0.05) is 289 Å². The molecule has 6 aromatic rings. The number of halogens is 2. The number of nitrogens with zero attached hydrogens (tertiary/aromatic N) is 4. The van der Waals surface area contributed by atoms with Crippen LogP contribution in [-0.4, -0.2) is 84.2 Å². The molecule has 0 aliphatic carbocycles. The van der Waals surface area contributed by atoms with E-state index in [9.17, 15) is 8.78 Å². The van der Waals surface area contributed by atoms with E-state index in [1.807, 2.05) is 60.9 Å². The Balaban J connectivity index is 0.000000590. The van der Waals surface area contributed by atoms with Gasteiger partial charge in [0.1, 0.15) is 11.6 Å². The second-order valence-electron chi connectivity index (χ2n) is 35.2. The van der Waals surface area contributed by atoms with Gasteiger partial charge in [0.2, 0.25) is 0 Å². The molecule has 0 spiro atoms. The molecule has 4 aromatic carbocycles. The van der Waals surface area contributed by atoms with Gasteiger partial charge in [-0.25, -0.2) is 8.78 Å². The van der Waals surface area contributed by atoms with E-state index in [2.05, 4.69) is 297 Å². The van der Waals surface area contributed by atoms with Gasteiger partial charge in [0.25, 0.3) is 0 Å². The Bertz CT molecular complexity index is 2670. The molecule has 0 unspecified atom stereocenters. The molecule has 2 aromatic heterocycles. The van der Waals surface area contributed by atoms with E-state index in [0.717, 1.165) is 70.8 Å². The zero-order chi connectivity index (χ0) is 79.8. The molecule has 6 nitrogen and oxygen atoms in total. The lowest BCUT2D eigenvalue weighted by Gasteiger charge is -2.20. The molecule has 4 fully saturated rings. The van der Waals surface area contributed by atoms with Crippen molar-refractivity contribution in [3.05, 3.63) is 203 Å². The summed E-state index contributed by atoms with van der Waals surface area (Å²) in [5.41, 5.74) is 6.94. The smallest absolute Gasteiger partial charge is 0.126 e. The van der Waals surface area contributed by atoms with E-state index in [0.29, 0.717) is 59.2 Å². The fourth-order valence-electron chi connectivity index (χ4n) is 13.4. The maximum absolute atomic E-state index is 13.2. The van der Waals surface area contributed by atoms with Gasteiger partial charge in [0.15, 0.2) is 0 Å². The van der Waals surface area contributed by atoms with Crippen molar-refractivity contribution < 1.29 is 8.78 Å². The summed E-state index contributed by atoms with van der Waals surface area (Å²) >= 11 is 0. The molecule has 0 radical (unpaired) electrons. The minimum absolute atomic E-state index is 0.0845. The summed E-state index contributed by atoms with van der Waals surface area (Å²) in [4.78, 5) is 13.6. The van der Waals surface area contributed by atoms with E-state index in [4.69, 9.17) is 0 Å². The van der Waals surface area contributed by atoms with E-state index in [1.54, 1.807) is 12.1 Å². The van der Waals surface area contributed by atoms with Crippen molar-refractivity contribution in [3.8, 4) is 0 Å². The molecule has 106 heavy (non-hydrogen) atoms. The summed E-state index contributed by atoms with van der Waals surface area (Å²) in [6, 6.07) is 51.0. The van der Waals surface area contributed by atoms with Crippen molar-refractivity contribution in [2.45, 2.75) is 317 Å². The third-order valence-electron chi connectivity index (χ3n) is 22.4. The summed E-state index contributed by atoms with van der Waals surface area (Å²) in [5.74, 6) is 10.2. The van der Waals surface area contributed by atoms with Crippen LogP contribution in [0.5, 0.6) is 0 Å². The van der Waals surface area contributed by atoms with E-state index in [-0.39, 0.29) is 11.6 Å². The number of nitrogens with one attached hydrogen (secondary N) is 2. The maximum Gasteiger partial charge on any atom is 0.126 e. The standard InChI is InChI=1S/2C11H15F.2C11H16.2C10H15N.2C9H19N.2C8H17N/c2*1-8(2)9(3)10-6-4-5-7-11(10)12;2*1-9(2)10(3)11-7-5-4-6-8-11;2*1-8(2)9(3)10-6-4-5-7-11-10;2*1-8(2)7-9-5-4-6-10(9)3;2*1-7(2)6-8-4-3-5-9-8/h2*4-9H,1-3H3;2*4-10H,1-3H3;2*4-9H,1-3H3;2*8-9H,4-7H2,1-3H3;2*7-9H,3-6H2,1-2H3/t2*9-;2*10-;4*9-;2*8-/m1010101010/s1. The second-order valence-corrected chi connectivity index (χ2v) is 35.2. The highest BCUT2D eigenvalue weighted by molar-refractivity contribution is 5.23. The number of benzene rings is 4. The first-order valence-corrected chi connectivity index (χ1v) is 42.4. The maximum atomic E-state index is 13.2. The van der Waals surface area contributed by atoms with Crippen LogP contribution in [0.25, 0.3) is 0 Å². The van der Waals surface area contributed by atoms with Gasteiger partial charge >= 0.3 is 0 Å². The van der Waals surface area contributed by atoms with Gasteiger partial charge in [-0.05, 0) is 259 Å². The van der Waals surface area contributed by atoms with Crippen molar-refractivity contribution in [3.63, 3.8) is 0 Å². The lowest BCUT2D eigenvalue weighted by Crippen LogP contribution is -2.25. The molecule has 0 saturated carbocycles. The van der Waals surface area contributed by atoms with Crippen molar-refractivity contribution in [2.24, 2.45) is 59.2 Å². The molecule has 2 N–H and O–H groups in total. The summed E-state index contributed by atoms with van der Waals surface area (Å²) in [6.07, 6.45) is 20.5. The monoisotopic (exact) mass is 1460 g/mol. The van der Waals surface area contributed by atoms with Gasteiger partial charge in [0, 0.05) is 59.8 Å². The highest BCUT2D eigenvalue weighted by Crippen LogP contribution is 2.29. The minimum atomic E-state index is -0.0845. The number of likely N-dealkylation sites (tertiary alicyclic amines) is 2. The van der Waals surface area contributed by atoms with E-state index in [1.165, 1.54) is 138 Å². The molecule has 0 bridgehead atoms. The number of rotatable bonds is 20. The third-order valence-corrected chi connectivity index (χ3v) is 22.4. The Hall–Kier alpha value is -5.12. The molecule has 10 atom stereocenters. The topological polar surface area (TPSA) is 56.3 Å². The zero-order valence-corrected chi connectivity index (χ0v) is 73.4. The predicted molar refractivity (Wildman–Crippen MR) is 465 cm³/mol. The minimum Gasteiger partial charge on any atom is -0.314 e. The van der Waals surface area contributed by atoms with Crippen LogP contribution in [0.15, 0.2) is 158 Å². The largest absolute Gasteiger partial charge is 0.314 e. The molecule has 0 amide bonds. The summed E-state index contributed by atoms with van der Waals surface area (Å²) in [5, 5.41) is 6.98. The van der Waals surface area contributed by atoms with Crippen LogP contribution in [0.1, 0.15) is 326 Å². The van der Waals surface area contributed by atoms with Crippen molar-refractivity contribution in [1.82, 2.24) is 30.4 Å². The van der Waals surface area contributed by atoms with Gasteiger partial charge in [-0.2, -0.15) is 0 Å². The number of hydrogen-bond acceptors (Lipinski definition) is 6. The number of aromatic nitrogens is 2. The fraction of sp³-hybridized carbons (Fsp3) is 0.653. The van der Waals surface area contributed by atoms with Crippen LogP contribution in [-0.2, 0) is 0 Å². The molecular weight excluding hydrogens is 1300 g/mol. The van der Waals surface area contributed by atoms with Crippen molar-refractivity contribution in [2.75, 3.05) is 40.3 Å². The molecule has 4 aliphatic heterocycles. The Morgan fingerprint density at radius 2 is 0.604 bits per heavy atom. The molecular formula is C98H164F2N6. The molecule has 600 valence electrons. The first-order valence-electron chi connectivity index (χ1n) is 42.4. The van der Waals surface area contributed by atoms with Crippen LogP contribution in [0.2, 0.25) is 0 Å². The quantitative estimate of drug-likeness (QED) is 0.0794. The van der Waals surface area contributed by atoms with Gasteiger partial charge in [0.05, 0.1) is 0 Å². The number of pyridine rings is 2. The summed E-state index contributed by atoms with van der Waals surface area (Å²) in [7, 11) is 4.50. The SMILES string of the molecule is CC(C)C[C@@H]1CCCN1.CC(C)C[C@@H]1CCCN1C.CC(C)C[C@H]1CCCN1.CC(C)C[C@H]1CCCN1C.CC(C)[C@@H](C)c1ccccc1.CC(C)[C@@H](C)c1ccccc1F.CC(C)[C@@H](C)c1ccccn1.CC(C)[C@H](C)c1ccccc1.CC(C)[C@H](C)c1ccccc1F.CC(C)[C@H](C)c1ccccn1. The van der Waals surface area contributed by atoms with E-state index >= 15 is 0 Å². The van der Waals surface area contributed by atoms with Crippen molar-refractivity contribution in [1.29, 1.82) is 0 Å². The average molecular weight is 1460 g/mol. The highest BCUT2D eigenvalue weighted by Gasteiger charge is 2.23. The highest BCUT2D eigenvalue weighted by atomic mass is 19.1. The molecule has 4 aliphatic rings. The first kappa shape index (κ1) is 98.9. The predicted octanol–water partition coefficient (Wildman–Crippen LogP) is 27.6.